The minimum Gasteiger partial charge on any atom is -0.464 e. The van der Waals surface area contributed by atoms with Gasteiger partial charge in [0.05, 0.1) is 6.26 Å². The molecule has 5 heterocycles. The van der Waals surface area contributed by atoms with Crippen molar-refractivity contribution in [3.8, 4) is 0 Å². The lowest BCUT2D eigenvalue weighted by atomic mass is 9.83. The second-order valence-corrected chi connectivity index (χ2v) is 10.2. The van der Waals surface area contributed by atoms with Crippen LogP contribution >= 0.6 is 0 Å². The fourth-order valence-corrected chi connectivity index (χ4v) is 6.10. The van der Waals surface area contributed by atoms with E-state index < -0.39 is 5.63 Å². The average molecular weight is 473 g/mol. The number of hydrogen-bond donors (Lipinski definition) is 0. The third kappa shape index (κ3) is 3.44. The highest BCUT2D eigenvalue weighted by Crippen LogP contribution is 2.36. The van der Waals surface area contributed by atoms with Gasteiger partial charge >= 0.3 is 5.63 Å². The number of amides is 1. The molecule has 180 valence electrons. The number of fused-ring (bicyclic) bond motifs is 6. The Morgan fingerprint density at radius 3 is 2.69 bits per heavy atom. The Labute approximate surface area is 201 Å². The number of aromatic nitrogens is 1. The van der Waals surface area contributed by atoms with Gasteiger partial charge in [0.25, 0.3) is 5.56 Å². The summed E-state index contributed by atoms with van der Waals surface area (Å²) in [5, 5.41) is 1.89. The third-order valence-electron chi connectivity index (χ3n) is 7.96. The zero-order chi connectivity index (χ0) is 24.4. The van der Waals surface area contributed by atoms with Gasteiger partial charge in [-0.2, -0.15) is 0 Å². The summed E-state index contributed by atoms with van der Waals surface area (Å²) in [6.45, 7) is 7.75. The number of pyridine rings is 1. The van der Waals surface area contributed by atoms with Crippen molar-refractivity contribution >= 4 is 27.8 Å². The van der Waals surface area contributed by atoms with E-state index in [2.05, 4.69) is 0 Å². The van der Waals surface area contributed by atoms with Crippen LogP contribution in [0.5, 0.6) is 0 Å². The number of furan rings is 1. The van der Waals surface area contributed by atoms with Crippen LogP contribution in [0.1, 0.15) is 46.7 Å². The maximum absolute atomic E-state index is 13.2. The van der Waals surface area contributed by atoms with E-state index in [4.69, 9.17) is 8.83 Å². The van der Waals surface area contributed by atoms with Crippen molar-refractivity contribution in [1.82, 2.24) is 9.47 Å². The molecule has 7 heteroatoms. The van der Waals surface area contributed by atoms with Gasteiger partial charge in [0, 0.05) is 65.6 Å². The quantitative estimate of drug-likeness (QED) is 0.417. The number of carbonyl (C=O) groups is 1. The molecular formula is C28H28N2O5. The number of nitrogens with zero attached hydrogens (tertiary/aromatic N) is 2. The summed E-state index contributed by atoms with van der Waals surface area (Å²) in [4.78, 5) is 40.3. The second-order valence-electron chi connectivity index (χ2n) is 10.2. The maximum atomic E-state index is 13.2. The summed E-state index contributed by atoms with van der Waals surface area (Å²) in [7, 11) is 0. The van der Waals surface area contributed by atoms with Crippen molar-refractivity contribution in [2.75, 3.05) is 13.1 Å². The lowest BCUT2D eigenvalue weighted by Gasteiger charge is -2.42. The van der Waals surface area contributed by atoms with Gasteiger partial charge < -0.3 is 18.3 Å². The predicted molar refractivity (Wildman–Crippen MR) is 133 cm³/mol. The van der Waals surface area contributed by atoms with E-state index in [0.717, 1.165) is 45.2 Å². The first-order valence-electron chi connectivity index (χ1n) is 12.2. The van der Waals surface area contributed by atoms with Gasteiger partial charge in [-0.3, -0.25) is 9.59 Å². The number of aryl methyl sites for hydroxylation is 3. The fraction of sp³-hybridized carbons (Fsp3) is 0.393. The molecule has 0 aliphatic carbocycles. The topological polar surface area (TPSA) is 85.7 Å². The molecule has 0 unspecified atom stereocenters. The first-order valence-corrected chi connectivity index (χ1v) is 12.2. The van der Waals surface area contributed by atoms with Crippen molar-refractivity contribution in [3.63, 3.8) is 0 Å². The first-order chi connectivity index (χ1) is 16.8. The van der Waals surface area contributed by atoms with Crippen LogP contribution in [0.25, 0.3) is 21.9 Å². The summed E-state index contributed by atoms with van der Waals surface area (Å²) in [5.41, 5.74) is 5.21. The summed E-state index contributed by atoms with van der Waals surface area (Å²) in [6, 6.07) is 7.43. The van der Waals surface area contributed by atoms with Crippen LogP contribution in [0.3, 0.4) is 0 Å². The smallest absolute Gasteiger partial charge is 0.339 e. The average Bonchev–Trinajstić information content (AvgIpc) is 3.21. The van der Waals surface area contributed by atoms with Crippen molar-refractivity contribution in [2.24, 2.45) is 5.92 Å². The number of carbonyl (C=O) groups excluding carboxylic acids is 1. The molecule has 4 aromatic rings. The van der Waals surface area contributed by atoms with Gasteiger partial charge in [-0.25, -0.2) is 4.79 Å². The molecule has 1 amide bonds. The highest BCUT2D eigenvalue weighted by molar-refractivity contribution is 5.99. The monoisotopic (exact) mass is 472 g/mol. The van der Waals surface area contributed by atoms with Crippen molar-refractivity contribution < 1.29 is 13.6 Å². The van der Waals surface area contributed by atoms with E-state index in [1.807, 2.05) is 42.4 Å². The van der Waals surface area contributed by atoms with Crippen molar-refractivity contribution in [3.05, 3.63) is 79.3 Å². The van der Waals surface area contributed by atoms with E-state index in [9.17, 15) is 14.4 Å². The van der Waals surface area contributed by atoms with Crippen LogP contribution < -0.4 is 11.2 Å². The van der Waals surface area contributed by atoms with Crippen molar-refractivity contribution in [2.45, 2.75) is 52.5 Å². The standard InChI is InChI=1S/C28H28N2O5/c1-15-14-34-26-17(3)27-22(10-21(15)26)16(2)20(28(33)35-27)7-8-24(31)29-11-18-9-19(13-29)23-5-4-6-25(32)30(23)12-18/h4-6,10,14,18-19H,7-9,11-13H2,1-3H3/t18-,19-/m0/s1. The molecule has 1 saturated heterocycles. The first kappa shape index (κ1) is 21.9. The number of piperidine rings is 1. The van der Waals surface area contributed by atoms with Gasteiger partial charge in [-0.1, -0.05) is 6.07 Å². The van der Waals surface area contributed by atoms with Crippen molar-refractivity contribution in [1.29, 1.82) is 0 Å². The fourth-order valence-electron chi connectivity index (χ4n) is 6.10. The van der Waals surface area contributed by atoms with E-state index in [1.165, 1.54) is 0 Å². The summed E-state index contributed by atoms with van der Waals surface area (Å²) in [5.74, 6) is 0.500. The molecule has 2 atom stereocenters. The van der Waals surface area contributed by atoms with E-state index in [1.54, 1.807) is 18.4 Å². The van der Waals surface area contributed by atoms with E-state index >= 15 is 0 Å². The van der Waals surface area contributed by atoms with Crippen LogP contribution in [0.15, 0.2) is 49.0 Å². The summed E-state index contributed by atoms with van der Waals surface area (Å²) >= 11 is 0. The molecule has 7 nitrogen and oxygen atoms in total. The number of rotatable bonds is 3. The van der Waals surface area contributed by atoms with Gasteiger partial charge in [0.2, 0.25) is 5.91 Å². The molecule has 0 saturated carbocycles. The van der Waals surface area contributed by atoms with E-state index in [0.29, 0.717) is 37.2 Å². The molecular weight excluding hydrogens is 444 g/mol. The number of likely N-dealkylation sites (tertiary alicyclic amines) is 1. The Bertz CT molecular complexity index is 1620. The zero-order valence-electron chi connectivity index (χ0n) is 20.2. The largest absolute Gasteiger partial charge is 0.464 e. The van der Waals surface area contributed by atoms with E-state index in [-0.39, 0.29) is 29.7 Å². The van der Waals surface area contributed by atoms with Crippen LogP contribution in [0, 0.1) is 26.7 Å². The Morgan fingerprint density at radius 1 is 1.03 bits per heavy atom. The molecule has 2 bridgehead atoms. The van der Waals surface area contributed by atoms with Crippen LogP contribution in [0.2, 0.25) is 0 Å². The molecule has 0 spiro atoms. The molecule has 35 heavy (non-hydrogen) atoms. The van der Waals surface area contributed by atoms with Crippen LogP contribution in [-0.2, 0) is 17.8 Å². The molecule has 6 rings (SSSR count). The van der Waals surface area contributed by atoms with Crippen LogP contribution in [0.4, 0.5) is 0 Å². The minimum atomic E-state index is -0.391. The van der Waals surface area contributed by atoms with Gasteiger partial charge in [-0.05, 0) is 62.8 Å². The van der Waals surface area contributed by atoms with Gasteiger partial charge in [0.1, 0.15) is 11.2 Å². The maximum Gasteiger partial charge on any atom is 0.339 e. The molecule has 1 aromatic carbocycles. The highest BCUT2D eigenvalue weighted by Gasteiger charge is 2.36. The molecule has 1 fully saturated rings. The highest BCUT2D eigenvalue weighted by atomic mass is 16.4. The molecule has 0 N–H and O–H groups in total. The molecule has 0 radical (unpaired) electrons. The summed E-state index contributed by atoms with van der Waals surface area (Å²) < 4.78 is 13.3. The van der Waals surface area contributed by atoms with Gasteiger partial charge in [-0.15, -0.1) is 0 Å². The zero-order valence-corrected chi connectivity index (χ0v) is 20.2. The lowest BCUT2D eigenvalue weighted by Crippen LogP contribution is -2.49. The second kappa shape index (κ2) is 7.97. The summed E-state index contributed by atoms with van der Waals surface area (Å²) in [6.07, 6.45) is 3.31. The Kier molecular flexibility index (Phi) is 4.99. The Hall–Kier alpha value is -3.61. The molecule has 3 aromatic heterocycles. The van der Waals surface area contributed by atoms with Crippen LogP contribution in [-0.4, -0.2) is 28.5 Å². The Morgan fingerprint density at radius 2 is 1.86 bits per heavy atom. The van der Waals surface area contributed by atoms with Gasteiger partial charge in [0.15, 0.2) is 0 Å². The normalized spacial score (nSPS) is 19.3. The third-order valence-corrected chi connectivity index (χ3v) is 7.96. The predicted octanol–water partition coefficient (Wildman–Crippen LogP) is 4.20. The lowest BCUT2D eigenvalue weighted by molar-refractivity contribution is -0.133. The molecule has 2 aliphatic heterocycles. The number of hydrogen-bond acceptors (Lipinski definition) is 5. The Balaban J connectivity index is 1.26. The number of benzene rings is 1. The molecule has 2 aliphatic rings. The SMILES string of the molecule is Cc1coc2c(C)c3oc(=O)c(CCC(=O)N4C[C@@H]5C[C@@H](C4)c4cccc(=O)n4C5)c(C)c3cc12. The minimum absolute atomic E-state index is 0.0357.